The molecule has 2 aromatic carbocycles. The highest BCUT2D eigenvalue weighted by Crippen LogP contribution is 2.66. The number of ether oxygens (including phenoxy) is 8. The van der Waals surface area contributed by atoms with Crippen LogP contribution >= 0.6 is 0 Å². The molecule has 16 nitrogen and oxygen atoms in total. The van der Waals surface area contributed by atoms with Gasteiger partial charge in [0.15, 0.2) is 0 Å². The number of benzene rings is 2. The van der Waals surface area contributed by atoms with E-state index in [0.29, 0.717) is 236 Å². The van der Waals surface area contributed by atoms with Crippen molar-refractivity contribution in [3.05, 3.63) is 95.6 Å². The SMILES string of the molecule is C=CC(=O)OCC1C[C@@H]2C3CC(COC(=O)c4cccc(C(=O)OCC5C[C@@H]6C7CC(COC(=O)CCCCCCCC8C(CCCCCC)CCC(CCCCCCCC)C8CCCCCCCC(=O)OCC8CC9CC8[C@H]8CC(COC(=O)c%10cccc(C(=O)OCC%11CC%12CC%11[C@H]%11CC(COC(=O)C(=C)C)C[C@@H]%12%11)c%10)C[C@@H]98)C(C7)[C@@H]6C5)c4)C(C3)[C@@H]2C1. The molecule has 28 atom stereocenters. The van der Waals surface area contributed by atoms with E-state index in [1.807, 2.05) is 0 Å². The predicted octanol–water partition coefficient (Wildman–Crippen LogP) is 23.6. The number of hydrogen-bond donors (Lipinski definition) is 0. The van der Waals surface area contributed by atoms with Crippen LogP contribution in [-0.4, -0.2) is 101 Å². The van der Waals surface area contributed by atoms with Crippen LogP contribution < -0.4 is 0 Å². The molecule has 13 fully saturated rings. The second-order valence-electron chi connectivity index (χ2n) is 42.9. The lowest BCUT2D eigenvalue weighted by Crippen LogP contribution is -2.35. The third-order valence-electron chi connectivity index (χ3n) is 35.4. The standard InChI is InChI=1S/C107H154O16/c1-6-9-11-13-16-22-30-73-40-39-72(29-21-12-10-7-2)86(35-23-17-14-19-25-37-101(109)117-63-82-51-78-55-92(82)97-47-70(43-90(78)97)61-120-104(112)74-31-27-33-76(49-74)106(114)122-65-84-53-80-57-94(84)96-45-68(41-88(80)96)59-116-100(108)8-3)87(73)36-24-18-15-20-26-38-102(110)118-64-83-52-79-56-93(83)98-48-71(44-91(79)98)62-121-105(113)75-32-28-34-77(50-75)107(115)123-66-85-54-81-58-95(85)99-46-69(42-89(81)99)60-119-103(111)67(4)5/h8,27-28,31-34,49-50,68-73,78-99H,3-4,6-7,9-26,29-30,35-48,51-66H2,1-2,5H3/t68?,69?,70?,71?,72?,73?,78?,79?,80?,81?,82?,83?,84?,85?,86?,87?,88-,89+,90-,91+,92?,93?,94?,95?,96-,97-,98+,99+/m1/s1. The Morgan fingerprint density at radius 2 is 0.610 bits per heavy atom. The Balaban J connectivity index is 0.430. The normalized spacial score (nSPS) is 34.7. The molecule has 13 aliphatic carbocycles. The number of esters is 8. The molecule has 0 saturated heterocycles. The first-order valence-corrected chi connectivity index (χ1v) is 50.8. The highest BCUT2D eigenvalue weighted by molar-refractivity contribution is 5.96. The molecule has 15 rings (SSSR count). The van der Waals surface area contributed by atoms with Crippen molar-refractivity contribution in [3.8, 4) is 0 Å². The Kier molecular flexibility index (Phi) is 32.8. The second kappa shape index (κ2) is 44.1. The zero-order valence-electron chi connectivity index (χ0n) is 75.6. The fourth-order valence-corrected chi connectivity index (χ4v) is 29.9. The molecule has 0 aliphatic heterocycles. The summed E-state index contributed by atoms with van der Waals surface area (Å²) >= 11 is 0. The smallest absolute Gasteiger partial charge is 0.338 e. The van der Waals surface area contributed by atoms with Gasteiger partial charge in [-0.25, -0.2) is 28.8 Å². The van der Waals surface area contributed by atoms with Gasteiger partial charge in [0, 0.05) is 24.5 Å². The zero-order chi connectivity index (χ0) is 85.5. The molecule has 0 N–H and O–H groups in total. The molecule has 8 bridgehead atoms. The van der Waals surface area contributed by atoms with Crippen molar-refractivity contribution in [2.75, 3.05) is 52.9 Å². The van der Waals surface area contributed by atoms with E-state index < -0.39 is 23.9 Å². The summed E-state index contributed by atoms with van der Waals surface area (Å²) < 4.78 is 47.0. The predicted molar refractivity (Wildman–Crippen MR) is 475 cm³/mol. The summed E-state index contributed by atoms with van der Waals surface area (Å²) in [7, 11) is 0. The van der Waals surface area contributed by atoms with Gasteiger partial charge in [0.25, 0.3) is 0 Å². The largest absolute Gasteiger partial charge is 0.465 e. The number of carbonyl (C=O) groups excluding carboxylic acids is 8. The maximum Gasteiger partial charge on any atom is 0.338 e. The fourth-order valence-electron chi connectivity index (χ4n) is 29.9. The molecule has 0 spiro atoms. The van der Waals surface area contributed by atoms with Gasteiger partial charge >= 0.3 is 47.8 Å². The minimum Gasteiger partial charge on any atom is -0.465 e. The van der Waals surface area contributed by atoms with Gasteiger partial charge in [0.05, 0.1) is 75.1 Å². The van der Waals surface area contributed by atoms with E-state index in [9.17, 15) is 38.4 Å². The van der Waals surface area contributed by atoms with E-state index in [4.69, 9.17) is 37.9 Å². The van der Waals surface area contributed by atoms with E-state index in [-0.39, 0.29) is 23.9 Å². The van der Waals surface area contributed by atoms with Gasteiger partial charge in [-0.15, -0.1) is 0 Å². The first-order chi connectivity index (χ1) is 59.9. The van der Waals surface area contributed by atoms with Gasteiger partial charge in [-0.05, 0) is 350 Å². The Bertz CT molecular complexity index is 3880. The number of hydrogen-bond acceptors (Lipinski definition) is 16. The third-order valence-corrected chi connectivity index (χ3v) is 35.4. The molecule has 678 valence electrons. The molecular weight excluding hydrogens is 1540 g/mol. The maximum absolute atomic E-state index is 13.5. The van der Waals surface area contributed by atoms with Gasteiger partial charge in [-0.2, -0.15) is 0 Å². The van der Waals surface area contributed by atoms with Gasteiger partial charge in [-0.1, -0.05) is 168 Å². The van der Waals surface area contributed by atoms with Crippen LogP contribution in [0, 0.1) is 166 Å². The molecule has 0 radical (unpaired) electrons. The van der Waals surface area contributed by atoms with Crippen molar-refractivity contribution in [1.29, 1.82) is 0 Å². The van der Waals surface area contributed by atoms with Crippen molar-refractivity contribution in [3.63, 3.8) is 0 Å². The van der Waals surface area contributed by atoms with E-state index >= 15 is 0 Å². The lowest BCUT2D eigenvalue weighted by Gasteiger charge is -2.44. The monoisotopic (exact) mass is 1700 g/mol. The van der Waals surface area contributed by atoms with E-state index in [1.54, 1.807) is 55.5 Å². The van der Waals surface area contributed by atoms with Crippen LogP contribution in [0.4, 0.5) is 0 Å². The lowest BCUT2D eigenvalue weighted by atomic mass is 9.61. The first-order valence-electron chi connectivity index (χ1n) is 50.8. The number of rotatable bonds is 50. The van der Waals surface area contributed by atoms with Gasteiger partial charge in [0.2, 0.25) is 0 Å². The second-order valence-corrected chi connectivity index (χ2v) is 42.9. The Hall–Kier alpha value is -6.32. The minimum atomic E-state index is -0.399. The Morgan fingerprint density at radius 1 is 0.317 bits per heavy atom. The summed E-state index contributed by atoms with van der Waals surface area (Å²) in [6.07, 6.45) is 53.3. The molecule has 13 saturated carbocycles. The van der Waals surface area contributed by atoms with Gasteiger partial charge < -0.3 is 37.9 Å². The molecule has 0 aromatic heterocycles. The Morgan fingerprint density at radius 3 is 0.959 bits per heavy atom. The van der Waals surface area contributed by atoms with Crippen LogP contribution in [0.1, 0.15) is 345 Å². The quantitative estimate of drug-likeness (QED) is 0.0261. The molecular formula is C107H154O16. The average Bonchev–Trinajstić information content (AvgIpc) is 1.61. The molecule has 16 heteroatoms. The van der Waals surface area contributed by atoms with Crippen LogP contribution in [0.2, 0.25) is 0 Å². The van der Waals surface area contributed by atoms with Crippen LogP contribution in [0.15, 0.2) is 73.3 Å². The molecule has 2 aromatic rings. The highest BCUT2D eigenvalue weighted by Gasteiger charge is 2.60. The van der Waals surface area contributed by atoms with Crippen LogP contribution in [-0.2, 0) is 57.1 Å². The maximum atomic E-state index is 13.5. The van der Waals surface area contributed by atoms with E-state index in [2.05, 4.69) is 27.0 Å². The van der Waals surface area contributed by atoms with Gasteiger partial charge in [-0.3, -0.25) is 9.59 Å². The summed E-state index contributed by atoms with van der Waals surface area (Å²) in [5, 5.41) is 0. The number of fused-ring (bicyclic) bond motifs is 20. The fraction of sp³-hybridized carbons (Fsp3) is 0.776. The highest BCUT2D eigenvalue weighted by atomic mass is 16.6. The van der Waals surface area contributed by atoms with E-state index in [0.717, 1.165) is 126 Å². The molecule has 123 heavy (non-hydrogen) atoms. The molecule has 13 aliphatic rings. The summed E-state index contributed by atoms with van der Waals surface area (Å²) in [5.74, 6) is 13.7. The van der Waals surface area contributed by atoms with Crippen molar-refractivity contribution in [2.45, 2.75) is 303 Å². The summed E-state index contributed by atoms with van der Waals surface area (Å²) in [4.78, 5) is 104. The van der Waals surface area contributed by atoms with Crippen molar-refractivity contribution < 1.29 is 76.3 Å². The molecule has 20 unspecified atom stereocenters. The topological polar surface area (TPSA) is 210 Å². The average molecular weight is 1700 g/mol. The first kappa shape index (κ1) is 91.4. The lowest BCUT2D eigenvalue weighted by molar-refractivity contribution is -0.147. The van der Waals surface area contributed by atoms with Crippen molar-refractivity contribution in [2.24, 2.45) is 166 Å². The van der Waals surface area contributed by atoms with Crippen LogP contribution in [0.5, 0.6) is 0 Å². The van der Waals surface area contributed by atoms with E-state index in [1.165, 1.54) is 173 Å². The summed E-state index contributed by atoms with van der Waals surface area (Å²) in [6.45, 7) is 17.1. The molecule has 0 amide bonds. The van der Waals surface area contributed by atoms with Crippen molar-refractivity contribution >= 4 is 47.8 Å². The zero-order valence-corrected chi connectivity index (χ0v) is 75.6. The Labute approximate surface area is 737 Å². The summed E-state index contributed by atoms with van der Waals surface area (Å²) in [5.41, 5.74) is 1.93. The van der Waals surface area contributed by atoms with Crippen LogP contribution in [0.25, 0.3) is 0 Å². The number of carbonyl (C=O) groups is 8. The summed E-state index contributed by atoms with van der Waals surface area (Å²) in [6, 6.07) is 13.6. The molecule has 0 heterocycles. The third kappa shape index (κ3) is 23.0. The van der Waals surface area contributed by atoms with Gasteiger partial charge in [0.1, 0.15) is 0 Å². The van der Waals surface area contributed by atoms with Crippen molar-refractivity contribution in [1.82, 2.24) is 0 Å². The minimum absolute atomic E-state index is 0.0335. The van der Waals surface area contributed by atoms with Crippen LogP contribution in [0.3, 0.4) is 0 Å². The number of unbranched alkanes of at least 4 members (excludes halogenated alkanes) is 16.